The molecule has 0 aliphatic carbocycles. The van der Waals surface area contributed by atoms with Gasteiger partial charge in [-0.2, -0.15) is 0 Å². The van der Waals surface area contributed by atoms with Crippen molar-refractivity contribution in [3.63, 3.8) is 0 Å². The van der Waals surface area contributed by atoms with Gasteiger partial charge in [-0.05, 0) is 29.5 Å². The summed E-state index contributed by atoms with van der Waals surface area (Å²) in [6.07, 6.45) is 9.35. The van der Waals surface area contributed by atoms with Crippen LogP contribution in [0.5, 0.6) is 0 Å². The molecule has 13 heavy (non-hydrogen) atoms. The summed E-state index contributed by atoms with van der Waals surface area (Å²) in [7, 11) is 0. The van der Waals surface area contributed by atoms with Crippen LogP contribution in [-0.2, 0) is 0 Å². The number of hydrogen-bond donors (Lipinski definition) is 0. The van der Waals surface area contributed by atoms with Gasteiger partial charge < -0.3 is 0 Å². The van der Waals surface area contributed by atoms with Gasteiger partial charge in [-0.1, -0.05) is 37.8 Å². The third-order valence-corrected chi connectivity index (χ3v) is 2.41. The lowest BCUT2D eigenvalue weighted by Gasteiger charge is -1.87. The van der Waals surface area contributed by atoms with E-state index in [4.69, 9.17) is 0 Å². The lowest BCUT2D eigenvalue weighted by atomic mass is 10.2. The lowest BCUT2D eigenvalue weighted by molar-refractivity contribution is 1.22. The number of hydrogen-bond acceptors (Lipinski definition) is 1. The van der Waals surface area contributed by atoms with Gasteiger partial charge in [-0.25, -0.2) is 0 Å². The summed E-state index contributed by atoms with van der Waals surface area (Å²) in [5.41, 5.74) is 1.05. The van der Waals surface area contributed by atoms with Crippen LogP contribution in [0.15, 0.2) is 47.9 Å². The Morgan fingerprint density at radius 3 is 3.00 bits per heavy atom. The van der Waals surface area contributed by atoms with Crippen LogP contribution in [0, 0.1) is 0 Å². The fourth-order valence-corrected chi connectivity index (χ4v) is 1.52. The highest BCUT2D eigenvalue weighted by Crippen LogP contribution is 2.11. The van der Waals surface area contributed by atoms with Gasteiger partial charge in [0.15, 0.2) is 0 Å². The molecular weight excluding hydrogens is 176 g/mol. The van der Waals surface area contributed by atoms with Crippen molar-refractivity contribution in [2.24, 2.45) is 0 Å². The molecule has 0 spiro atoms. The average molecular weight is 190 g/mol. The smallest absolute Gasteiger partial charge is 0.0270 e. The first-order chi connectivity index (χ1) is 6.33. The van der Waals surface area contributed by atoms with Crippen LogP contribution in [0.25, 0.3) is 6.08 Å². The van der Waals surface area contributed by atoms with Crippen LogP contribution in [0.1, 0.15) is 18.2 Å². The third kappa shape index (κ3) is 3.90. The van der Waals surface area contributed by atoms with Crippen molar-refractivity contribution in [1.82, 2.24) is 0 Å². The Morgan fingerprint density at radius 2 is 2.38 bits per heavy atom. The molecule has 1 aromatic rings. The van der Waals surface area contributed by atoms with Crippen molar-refractivity contribution < 1.29 is 0 Å². The molecule has 0 radical (unpaired) electrons. The molecule has 1 heteroatoms. The molecule has 0 atom stereocenters. The minimum atomic E-state index is 1.05. The number of allylic oxidation sites excluding steroid dienone is 4. The Bertz CT molecular complexity index is 302. The van der Waals surface area contributed by atoms with Crippen molar-refractivity contribution in [3.05, 3.63) is 52.8 Å². The molecule has 1 aromatic heterocycles. The molecule has 0 aliphatic rings. The molecule has 0 nitrogen and oxygen atoms in total. The van der Waals surface area contributed by atoms with Gasteiger partial charge in [0, 0.05) is 4.88 Å². The summed E-state index contributed by atoms with van der Waals surface area (Å²) < 4.78 is 0. The van der Waals surface area contributed by atoms with Gasteiger partial charge in [0.25, 0.3) is 0 Å². The van der Waals surface area contributed by atoms with E-state index in [0.717, 1.165) is 12.0 Å². The maximum atomic E-state index is 3.92. The first kappa shape index (κ1) is 10.0. The van der Waals surface area contributed by atoms with E-state index in [0.29, 0.717) is 0 Å². The maximum absolute atomic E-state index is 3.92. The standard InChI is InChI=1S/C12H14S/c1-3-4-6-11(2)8-9-12-7-5-10-13-12/h4-10H,2-3H2,1H3/b6-4-,9-8+. The molecule has 1 heterocycles. The van der Waals surface area contributed by atoms with Gasteiger partial charge in [0.2, 0.25) is 0 Å². The van der Waals surface area contributed by atoms with Crippen molar-refractivity contribution in [2.75, 3.05) is 0 Å². The molecule has 68 valence electrons. The average Bonchev–Trinajstić information content (AvgIpc) is 2.64. The van der Waals surface area contributed by atoms with E-state index in [1.807, 2.05) is 12.2 Å². The van der Waals surface area contributed by atoms with Crippen molar-refractivity contribution >= 4 is 17.4 Å². The third-order valence-electron chi connectivity index (χ3n) is 1.57. The second-order valence-corrected chi connectivity index (χ2v) is 3.71. The molecule has 0 unspecified atom stereocenters. The van der Waals surface area contributed by atoms with E-state index in [1.54, 1.807) is 11.3 Å². The van der Waals surface area contributed by atoms with Crippen LogP contribution >= 0.6 is 11.3 Å². The van der Waals surface area contributed by atoms with Crippen LogP contribution < -0.4 is 0 Å². The van der Waals surface area contributed by atoms with Crippen LogP contribution in [0.3, 0.4) is 0 Å². The Balaban J connectivity index is 2.49. The first-order valence-corrected chi connectivity index (χ1v) is 5.28. The Morgan fingerprint density at radius 1 is 1.54 bits per heavy atom. The van der Waals surface area contributed by atoms with E-state index in [9.17, 15) is 0 Å². The maximum Gasteiger partial charge on any atom is 0.0270 e. The second-order valence-electron chi connectivity index (χ2n) is 2.73. The predicted octanol–water partition coefficient (Wildman–Crippen LogP) is 4.28. The van der Waals surface area contributed by atoms with E-state index < -0.39 is 0 Å². The summed E-state index contributed by atoms with van der Waals surface area (Å²) in [6, 6.07) is 4.15. The number of thiophene rings is 1. The number of rotatable bonds is 4. The lowest BCUT2D eigenvalue weighted by Crippen LogP contribution is -1.66. The SMILES string of the molecule is C=C(/C=C\CC)/C=C/c1cccs1. The minimum absolute atomic E-state index is 1.05. The predicted molar refractivity (Wildman–Crippen MR) is 61.9 cm³/mol. The topological polar surface area (TPSA) is 0 Å². The minimum Gasteiger partial charge on any atom is -0.144 e. The van der Waals surface area contributed by atoms with E-state index in [-0.39, 0.29) is 0 Å². The normalized spacial score (nSPS) is 11.5. The zero-order valence-corrected chi connectivity index (χ0v) is 8.68. The van der Waals surface area contributed by atoms with Gasteiger partial charge in [0.05, 0.1) is 0 Å². The Hall–Kier alpha value is -1.08. The van der Waals surface area contributed by atoms with Crippen LogP contribution in [0.4, 0.5) is 0 Å². The van der Waals surface area contributed by atoms with Gasteiger partial charge in [0.1, 0.15) is 0 Å². The molecule has 0 amide bonds. The molecule has 1 rings (SSSR count). The first-order valence-electron chi connectivity index (χ1n) is 4.40. The fourth-order valence-electron chi connectivity index (χ4n) is 0.900. The Labute approximate surface area is 83.9 Å². The van der Waals surface area contributed by atoms with Crippen molar-refractivity contribution in [1.29, 1.82) is 0 Å². The van der Waals surface area contributed by atoms with Crippen LogP contribution in [-0.4, -0.2) is 0 Å². The second kappa shape index (κ2) is 5.55. The highest BCUT2D eigenvalue weighted by atomic mass is 32.1. The molecule has 0 N–H and O–H groups in total. The van der Waals surface area contributed by atoms with Gasteiger partial charge >= 0.3 is 0 Å². The quantitative estimate of drug-likeness (QED) is 0.621. The molecule has 0 saturated carbocycles. The summed E-state index contributed by atoms with van der Waals surface area (Å²) >= 11 is 1.74. The molecule has 0 saturated heterocycles. The summed E-state index contributed by atoms with van der Waals surface area (Å²) in [4.78, 5) is 1.27. The van der Waals surface area contributed by atoms with Crippen molar-refractivity contribution in [3.8, 4) is 0 Å². The molecule has 0 fully saturated rings. The summed E-state index contributed by atoms with van der Waals surface area (Å²) in [5, 5.41) is 2.07. The highest BCUT2D eigenvalue weighted by Gasteiger charge is 1.85. The summed E-state index contributed by atoms with van der Waals surface area (Å²) in [6.45, 7) is 6.04. The zero-order chi connectivity index (χ0) is 9.52. The molecule has 0 aromatic carbocycles. The van der Waals surface area contributed by atoms with E-state index >= 15 is 0 Å². The van der Waals surface area contributed by atoms with Gasteiger partial charge in [-0.3, -0.25) is 0 Å². The van der Waals surface area contributed by atoms with E-state index in [2.05, 4.69) is 43.2 Å². The van der Waals surface area contributed by atoms with E-state index in [1.165, 1.54) is 4.88 Å². The summed E-state index contributed by atoms with van der Waals surface area (Å²) in [5.74, 6) is 0. The van der Waals surface area contributed by atoms with Crippen molar-refractivity contribution in [2.45, 2.75) is 13.3 Å². The molecular formula is C12H14S. The molecule has 0 aliphatic heterocycles. The fraction of sp³-hybridized carbons (Fsp3) is 0.167. The van der Waals surface area contributed by atoms with Crippen LogP contribution in [0.2, 0.25) is 0 Å². The largest absolute Gasteiger partial charge is 0.144 e. The molecule has 0 bridgehead atoms. The Kier molecular flexibility index (Phi) is 4.27. The van der Waals surface area contributed by atoms with Gasteiger partial charge in [-0.15, -0.1) is 11.3 Å². The monoisotopic (exact) mass is 190 g/mol. The highest BCUT2D eigenvalue weighted by molar-refractivity contribution is 7.10. The zero-order valence-electron chi connectivity index (χ0n) is 7.86.